The van der Waals surface area contributed by atoms with Crippen molar-refractivity contribution in [3.05, 3.63) is 56.6 Å². The Hall–Kier alpha value is -2.54. The lowest BCUT2D eigenvalue weighted by Gasteiger charge is -2.16. The van der Waals surface area contributed by atoms with Crippen molar-refractivity contribution in [3.63, 3.8) is 0 Å². The molecule has 0 aliphatic carbocycles. The Labute approximate surface area is 159 Å². The van der Waals surface area contributed by atoms with Crippen LogP contribution in [0.1, 0.15) is 37.4 Å². The van der Waals surface area contributed by atoms with E-state index in [0.717, 1.165) is 11.1 Å². The van der Waals surface area contributed by atoms with Gasteiger partial charge in [-0.3, -0.25) is 4.79 Å². The Kier molecular flexibility index (Phi) is 4.91. The summed E-state index contributed by atoms with van der Waals surface area (Å²) < 4.78 is 11.4. The van der Waals surface area contributed by atoms with E-state index in [9.17, 15) is 9.59 Å². The summed E-state index contributed by atoms with van der Waals surface area (Å²) in [6.07, 6.45) is 0. The van der Waals surface area contributed by atoms with Gasteiger partial charge < -0.3 is 19.5 Å². The number of hydrogen-bond donors (Lipinski definition) is 1. The van der Waals surface area contributed by atoms with Crippen LogP contribution in [0.15, 0.2) is 28.7 Å². The maximum atomic E-state index is 12.8. The number of carboxylic acids is 1. The summed E-state index contributed by atoms with van der Waals surface area (Å²) in [4.78, 5) is 25.7. The molecule has 2 aromatic rings. The molecule has 0 unspecified atom stereocenters. The Morgan fingerprint density at radius 3 is 2.58 bits per heavy atom. The zero-order valence-electron chi connectivity index (χ0n) is 14.6. The molecule has 26 heavy (non-hydrogen) atoms. The Morgan fingerprint density at radius 2 is 2.00 bits per heavy atom. The van der Waals surface area contributed by atoms with Gasteiger partial charge in [-0.15, -0.1) is 0 Å². The van der Waals surface area contributed by atoms with Gasteiger partial charge in [-0.1, -0.05) is 12.1 Å². The Bertz CT molecular complexity index is 909. The molecule has 1 amide bonds. The van der Waals surface area contributed by atoms with Crippen LogP contribution in [-0.2, 0) is 13.1 Å². The van der Waals surface area contributed by atoms with E-state index >= 15 is 0 Å². The minimum absolute atomic E-state index is 0.0957. The van der Waals surface area contributed by atoms with Crippen molar-refractivity contribution < 1.29 is 24.2 Å². The molecule has 1 aliphatic rings. The molecule has 0 saturated carbocycles. The molecular weight excluding hydrogens is 402 g/mol. The van der Waals surface area contributed by atoms with Crippen LogP contribution < -0.4 is 9.47 Å². The molecular formula is C19H18BrNO5. The fourth-order valence-electron chi connectivity index (χ4n) is 3.18. The van der Waals surface area contributed by atoms with Crippen LogP contribution in [0.5, 0.6) is 11.5 Å². The van der Waals surface area contributed by atoms with Gasteiger partial charge in [0.05, 0.1) is 24.3 Å². The Balaban J connectivity index is 1.90. The number of benzene rings is 2. The summed E-state index contributed by atoms with van der Waals surface area (Å²) in [5.74, 6) is 0.000906. The van der Waals surface area contributed by atoms with E-state index in [1.54, 1.807) is 43.2 Å². The van der Waals surface area contributed by atoms with E-state index in [1.807, 2.05) is 0 Å². The number of ether oxygens (including phenoxy) is 2. The molecule has 0 bridgehead atoms. The molecule has 1 N–H and O–H groups in total. The van der Waals surface area contributed by atoms with E-state index in [1.165, 1.54) is 7.11 Å². The fourth-order valence-corrected chi connectivity index (χ4v) is 3.88. The summed E-state index contributed by atoms with van der Waals surface area (Å²) >= 11 is 3.51. The fraction of sp³-hybridized carbons (Fsp3) is 0.263. The van der Waals surface area contributed by atoms with Crippen molar-refractivity contribution in [1.29, 1.82) is 0 Å². The average Bonchev–Trinajstić information content (AvgIpc) is 2.91. The van der Waals surface area contributed by atoms with Crippen LogP contribution in [0, 0.1) is 6.92 Å². The minimum Gasteiger partial charge on any atom is -0.493 e. The summed E-state index contributed by atoms with van der Waals surface area (Å²) in [7, 11) is 3.08. The van der Waals surface area contributed by atoms with Crippen LogP contribution in [0.25, 0.3) is 0 Å². The molecule has 0 fully saturated rings. The number of amides is 1. The van der Waals surface area contributed by atoms with E-state index in [4.69, 9.17) is 14.6 Å². The number of carbonyl (C=O) groups excluding carboxylic acids is 1. The zero-order valence-corrected chi connectivity index (χ0v) is 16.2. The quantitative estimate of drug-likeness (QED) is 0.800. The first-order chi connectivity index (χ1) is 12.4. The standard InChI is InChI=1S/C19H18BrNO5/c1-10-6-11(4-5-12(10)19(23)24)8-21-9-14-13(18(21)22)7-15(25-2)17(26-3)16(14)20/h4-7H,8-9H2,1-3H3,(H,23,24). The van der Waals surface area contributed by atoms with Crippen molar-refractivity contribution in [2.45, 2.75) is 20.0 Å². The molecule has 1 heterocycles. The molecule has 0 aromatic heterocycles. The van der Waals surface area contributed by atoms with Gasteiger partial charge >= 0.3 is 5.97 Å². The molecule has 0 radical (unpaired) electrons. The van der Waals surface area contributed by atoms with Gasteiger partial charge in [0.1, 0.15) is 0 Å². The van der Waals surface area contributed by atoms with Crippen molar-refractivity contribution in [1.82, 2.24) is 4.90 Å². The third-order valence-electron chi connectivity index (χ3n) is 4.47. The summed E-state index contributed by atoms with van der Waals surface area (Å²) in [5, 5.41) is 9.14. The first-order valence-electron chi connectivity index (χ1n) is 7.92. The number of carboxylic acid groups (broad SMARTS) is 1. The number of carbonyl (C=O) groups is 2. The maximum absolute atomic E-state index is 12.8. The number of hydrogen-bond acceptors (Lipinski definition) is 4. The van der Waals surface area contributed by atoms with Crippen molar-refractivity contribution in [2.75, 3.05) is 14.2 Å². The number of fused-ring (bicyclic) bond motifs is 1. The van der Waals surface area contributed by atoms with Crippen molar-refractivity contribution >= 4 is 27.8 Å². The third-order valence-corrected chi connectivity index (χ3v) is 5.31. The van der Waals surface area contributed by atoms with Crippen LogP contribution in [0.3, 0.4) is 0 Å². The second-order valence-electron chi connectivity index (χ2n) is 6.07. The number of methoxy groups -OCH3 is 2. The molecule has 6 nitrogen and oxygen atoms in total. The van der Waals surface area contributed by atoms with Gasteiger partial charge in [0, 0.05) is 24.2 Å². The van der Waals surface area contributed by atoms with Gasteiger partial charge in [-0.25, -0.2) is 4.79 Å². The number of nitrogens with zero attached hydrogens (tertiary/aromatic N) is 1. The van der Waals surface area contributed by atoms with E-state index in [0.29, 0.717) is 40.2 Å². The normalized spacial score (nSPS) is 12.9. The Morgan fingerprint density at radius 1 is 1.27 bits per heavy atom. The summed E-state index contributed by atoms with van der Waals surface area (Å²) in [5.41, 5.74) is 3.24. The molecule has 0 atom stereocenters. The molecule has 2 aromatic carbocycles. The van der Waals surface area contributed by atoms with E-state index in [-0.39, 0.29) is 11.5 Å². The molecule has 1 aliphatic heterocycles. The van der Waals surface area contributed by atoms with Crippen molar-refractivity contribution in [3.8, 4) is 11.5 Å². The van der Waals surface area contributed by atoms with Gasteiger partial charge in [0.2, 0.25) is 0 Å². The second-order valence-corrected chi connectivity index (χ2v) is 6.86. The highest BCUT2D eigenvalue weighted by atomic mass is 79.9. The highest BCUT2D eigenvalue weighted by Crippen LogP contribution is 2.43. The molecule has 3 rings (SSSR count). The van der Waals surface area contributed by atoms with Gasteiger partial charge in [-0.2, -0.15) is 0 Å². The monoisotopic (exact) mass is 419 g/mol. The first-order valence-corrected chi connectivity index (χ1v) is 8.72. The topological polar surface area (TPSA) is 76.1 Å². The predicted molar refractivity (Wildman–Crippen MR) is 99.0 cm³/mol. The smallest absolute Gasteiger partial charge is 0.335 e. The molecule has 0 spiro atoms. The van der Waals surface area contributed by atoms with Crippen LogP contribution in [0.4, 0.5) is 0 Å². The lowest BCUT2D eigenvalue weighted by molar-refractivity contribution is 0.0694. The molecule has 0 saturated heterocycles. The predicted octanol–water partition coefficient (Wildman–Crippen LogP) is 3.63. The highest BCUT2D eigenvalue weighted by Gasteiger charge is 2.32. The molecule has 136 valence electrons. The lowest BCUT2D eigenvalue weighted by atomic mass is 10.0. The number of rotatable bonds is 5. The largest absolute Gasteiger partial charge is 0.493 e. The SMILES string of the molecule is COc1cc2c(c(Br)c1OC)CN(Cc1ccc(C(=O)O)c(C)c1)C2=O. The maximum Gasteiger partial charge on any atom is 0.335 e. The third kappa shape index (κ3) is 3.03. The van der Waals surface area contributed by atoms with Gasteiger partial charge in [0.25, 0.3) is 5.91 Å². The van der Waals surface area contributed by atoms with Crippen LogP contribution in [-0.4, -0.2) is 36.1 Å². The average molecular weight is 420 g/mol. The highest BCUT2D eigenvalue weighted by molar-refractivity contribution is 9.10. The number of aromatic carboxylic acids is 1. The number of halogens is 1. The van der Waals surface area contributed by atoms with Gasteiger partial charge in [0.15, 0.2) is 11.5 Å². The summed E-state index contributed by atoms with van der Waals surface area (Å²) in [6.45, 7) is 2.58. The zero-order chi connectivity index (χ0) is 19.0. The lowest BCUT2D eigenvalue weighted by Crippen LogP contribution is -2.23. The van der Waals surface area contributed by atoms with Crippen molar-refractivity contribution in [2.24, 2.45) is 0 Å². The molecule has 7 heteroatoms. The van der Waals surface area contributed by atoms with Crippen LogP contribution >= 0.6 is 15.9 Å². The summed E-state index contributed by atoms with van der Waals surface area (Å²) in [6, 6.07) is 6.81. The van der Waals surface area contributed by atoms with E-state index < -0.39 is 5.97 Å². The first kappa shape index (κ1) is 18.3. The minimum atomic E-state index is -0.957. The van der Waals surface area contributed by atoms with E-state index in [2.05, 4.69) is 15.9 Å². The van der Waals surface area contributed by atoms with Gasteiger partial charge in [-0.05, 0) is 46.1 Å². The second kappa shape index (κ2) is 6.99. The number of aryl methyl sites for hydroxylation is 1. The van der Waals surface area contributed by atoms with Crippen LogP contribution in [0.2, 0.25) is 0 Å².